The van der Waals surface area contributed by atoms with Crippen LogP contribution in [-0.2, 0) is 4.79 Å². The molecule has 2 aromatic carbocycles. The van der Waals surface area contributed by atoms with Crippen LogP contribution in [0.2, 0.25) is 0 Å². The van der Waals surface area contributed by atoms with E-state index < -0.39 is 11.9 Å². The van der Waals surface area contributed by atoms with Gasteiger partial charge in [0.25, 0.3) is 0 Å². The average molecular weight is 306 g/mol. The van der Waals surface area contributed by atoms with Crippen molar-refractivity contribution in [3.8, 4) is 0 Å². The molecule has 0 saturated carbocycles. The van der Waals surface area contributed by atoms with Crippen molar-refractivity contribution in [1.29, 1.82) is 0 Å². The number of hydrogen-bond donors (Lipinski definition) is 2. The molecule has 0 fully saturated rings. The van der Waals surface area contributed by atoms with Gasteiger partial charge in [0, 0.05) is 10.2 Å². The van der Waals surface area contributed by atoms with Crippen LogP contribution in [0.4, 0.5) is 5.69 Å². The van der Waals surface area contributed by atoms with E-state index in [2.05, 4.69) is 15.9 Å². The zero-order valence-corrected chi connectivity index (χ0v) is 11.1. The van der Waals surface area contributed by atoms with E-state index in [4.69, 9.17) is 5.73 Å². The van der Waals surface area contributed by atoms with Crippen molar-refractivity contribution in [3.63, 3.8) is 0 Å². The van der Waals surface area contributed by atoms with Crippen LogP contribution >= 0.6 is 15.9 Å². The van der Waals surface area contributed by atoms with Crippen molar-refractivity contribution in [3.05, 3.63) is 64.1 Å². The van der Waals surface area contributed by atoms with Gasteiger partial charge < -0.3 is 10.8 Å². The maximum Gasteiger partial charge on any atom is 0.315 e. The van der Waals surface area contributed by atoms with E-state index in [1.54, 1.807) is 36.4 Å². The smallest absolute Gasteiger partial charge is 0.315 e. The van der Waals surface area contributed by atoms with Crippen LogP contribution in [-0.4, -0.2) is 11.1 Å². The standard InChI is InChI=1S/C14H12BrNO2/c15-10-7-5-9(6-8-10)13(14(17)18)11-3-1-2-4-12(11)16/h1-8,13H,16H2,(H,17,18). The number of benzene rings is 2. The molecule has 0 aliphatic carbocycles. The summed E-state index contributed by atoms with van der Waals surface area (Å²) in [6.07, 6.45) is 0. The molecule has 4 heteroatoms. The van der Waals surface area contributed by atoms with E-state index in [-0.39, 0.29) is 0 Å². The molecule has 18 heavy (non-hydrogen) atoms. The third-order valence-electron chi connectivity index (χ3n) is 2.76. The number of rotatable bonds is 3. The normalized spacial score (nSPS) is 12.1. The predicted molar refractivity (Wildman–Crippen MR) is 74.5 cm³/mol. The fourth-order valence-electron chi connectivity index (χ4n) is 1.88. The van der Waals surface area contributed by atoms with Crippen molar-refractivity contribution in [1.82, 2.24) is 0 Å². The molecule has 3 nitrogen and oxygen atoms in total. The molecule has 0 saturated heterocycles. The molecule has 0 radical (unpaired) electrons. The Kier molecular flexibility index (Phi) is 3.67. The lowest BCUT2D eigenvalue weighted by atomic mass is 9.90. The summed E-state index contributed by atoms with van der Waals surface area (Å²) in [5, 5.41) is 9.41. The first kappa shape index (κ1) is 12.6. The van der Waals surface area contributed by atoms with Gasteiger partial charge in [0.2, 0.25) is 0 Å². The first-order valence-corrected chi connectivity index (χ1v) is 6.21. The summed E-state index contributed by atoms with van der Waals surface area (Å²) in [6, 6.07) is 14.3. The Morgan fingerprint density at radius 2 is 1.72 bits per heavy atom. The minimum Gasteiger partial charge on any atom is -0.481 e. The molecule has 0 aliphatic heterocycles. The van der Waals surface area contributed by atoms with Crippen LogP contribution in [0.15, 0.2) is 53.0 Å². The van der Waals surface area contributed by atoms with E-state index in [1.807, 2.05) is 12.1 Å². The number of aliphatic carboxylic acids is 1. The van der Waals surface area contributed by atoms with E-state index in [0.717, 1.165) is 4.47 Å². The molecule has 1 atom stereocenters. The largest absolute Gasteiger partial charge is 0.481 e. The zero-order valence-electron chi connectivity index (χ0n) is 9.51. The number of anilines is 1. The van der Waals surface area contributed by atoms with Crippen molar-refractivity contribution in [2.24, 2.45) is 0 Å². The summed E-state index contributed by atoms with van der Waals surface area (Å²) in [5.74, 6) is -1.64. The van der Waals surface area contributed by atoms with E-state index in [1.165, 1.54) is 0 Å². The van der Waals surface area contributed by atoms with Gasteiger partial charge >= 0.3 is 5.97 Å². The molecular weight excluding hydrogens is 294 g/mol. The molecule has 0 amide bonds. The van der Waals surface area contributed by atoms with Gasteiger partial charge in [-0.2, -0.15) is 0 Å². The highest BCUT2D eigenvalue weighted by molar-refractivity contribution is 9.10. The van der Waals surface area contributed by atoms with Crippen molar-refractivity contribution < 1.29 is 9.90 Å². The molecule has 3 N–H and O–H groups in total. The van der Waals surface area contributed by atoms with Gasteiger partial charge in [-0.25, -0.2) is 0 Å². The number of para-hydroxylation sites is 1. The summed E-state index contributed by atoms with van der Waals surface area (Å²) in [5.41, 5.74) is 7.68. The maximum absolute atomic E-state index is 11.5. The Hall–Kier alpha value is -1.81. The highest BCUT2D eigenvalue weighted by Crippen LogP contribution is 2.29. The molecule has 2 aromatic rings. The van der Waals surface area contributed by atoms with Crippen LogP contribution in [0.1, 0.15) is 17.0 Å². The lowest BCUT2D eigenvalue weighted by Crippen LogP contribution is -2.14. The number of hydrogen-bond acceptors (Lipinski definition) is 2. The number of carboxylic acid groups (broad SMARTS) is 1. The average Bonchev–Trinajstić information content (AvgIpc) is 2.34. The van der Waals surface area contributed by atoms with E-state index >= 15 is 0 Å². The summed E-state index contributed by atoms with van der Waals surface area (Å²) in [7, 11) is 0. The number of nitrogen functional groups attached to an aromatic ring is 1. The first-order valence-electron chi connectivity index (χ1n) is 5.42. The topological polar surface area (TPSA) is 63.3 Å². The van der Waals surface area contributed by atoms with Gasteiger partial charge in [-0.05, 0) is 29.3 Å². The van der Waals surface area contributed by atoms with Crippen LogP contribution < -0.4 is 5.73 Å². The monoisotopic (exact) mass is 305 g/mol. The molecule has 0 aliphatic rings. The maximum atomic E-state index is 11.5. The third kappa shape index (κ3) is 2.54. The Morgan fingerprint density at radius 1 is 1.11 bits per heavy atom. The second-order valence-corrected chi connectivity index (χ2v) is 4.87. The summed E-state index contributed by atoms with van der Waals surface area (Å²) < 4.78 is 0.913. The van der Waals surface area contributed by atoms with Gasteiger partial charge in [0.1, 0.15) is 5.92 Å². The molecule has 1 unspecified atom stereocenters. The molecule has 0 heterocycles. The third-order valence-corrected chi connectivity index (χ3v) is 3.29. The van der Waals surface area contributed by atoms with Crippen LogP contribution in [0.5, 0.6) is 0 Å². The lowest BCUT2D eigenvalue weighted by molar-refractivity contribution is -0.137. The predicted octanol–water partition coefficient (Wildman–Crippen LogP) is 3.25. The lowest BCUT2D eigenvalue weighted by Gasteiger charge is -2.15. The quantitative estimate of drug-likeness (QED) is 0.856. The summed E-state index contributed by atoms with van der Waals surface area (Å²) in [6.45, 7) is 0. The minimum atomic E-state index is -0.907. The number of nitrogens with two attached hydrogens (primary N) is 1. The van der Waals surface area contributed by atoms with E-state index in [9.17, 15) is 9.90 Å². The molecule has 2 rings (SSSR count). The van der Waals surface area contributed by atoms with Crippen molar-refractivity contribution >= 4 is 27.6 Å². The van der Waals surface area contributed by atoms with Gasteiger partial charge in [-0.15, -0.1) is 0 Å². The SMILES string of the molecule is Nc1ccccc1C(C(=O)O)c1ccc(Br)cc1. The van der Waals surface area contributed by atoms with Crippen LogP contribution in [0.3, 0.4) is 0 Å². The fourth-order valence-corrected chi connectivity index (χ4v) is 2.15. The van der Waals surface area contributed by atoms with Gasteiger partial charge in [-0.1, -0.05) is 46.3 Å². The molecule has 0 aromatic heterocycles. The highest BCUT2D eigenvalue weighted by atomic mass is 79.9. The van der Waals surface area contributed by atoms with Crippen molar-refractivity contribution in [2.45, 2.75) is 5.92 Å². The minimum absolute atomic E-state index is 0.493. The molecule has 92 valence electrons. The first-order chi connectivity index (χ1) is 8.59. The second-order valence-electron chi connectivity index (χ2n) is 3.95. The van der Waals surface area contributed by atoms with Gasteiger partial charge in [0.15, 0.2) is 0 Å². The van der Waals surface area contributed by atoms with Crippen LogP contribution in [0.25, 0.3) is 0 Å². The number of carbonyl (C=O) groups is 1. The zero-order chi connectivity index (χ0) is 13.1. The number of carboxylic acids is 1. The van der Waals surface area contributed by atoms with Gasteiger partial charge in [-0.3, -0.25) is 4.79 Å². The molecular formula is C14H12BrNO2. The molecule has 0 bridgehead atoms. The van der Waals surface area contributed by atoms with E-state index in [0.29, 0.717) is 16.8 Å². The number of halogens is 1. The van der Waals surface area contributed by atoms with Crippen molar-refractivity contribution in [2.75, 3.05) is 5.73 Å². The van der Waals surface area contributed by atoms with Crippen LogP contribution in [0, 0.1) is 0 Å². The molecule has 0 spiro atoms. The Balaban J connectivity index is 2.50. The summed E-state index contributed by atoms with van der Waals surface area (Å²) in [4.78, 5) is 11.5. The van der Waals surface area contributed by atoms with Gasteiger partial charge in [0.05, 0.1) is 0 Å². The summed E-state index contributed by atoms with van der Waals surface area (Å²) >= 11 is 3.33. The Morgan fingerprint density at radius 3 is 2.28 bits per heavy atom. The second kappa shape index (κ2) is 5.23. The fraction of sp³-hybridized carbons (Fsp3) is 0.0714. The Bertz CT molecular complexity index is 566. The Labute approximate surface area is 113 Å². The highest BCUT2D eigenvalue weighted by Gasteiger charge is 2.23.